The number of aromatic nitrogens is 1. The van der Waals surface area contributed by atoms with Crippen LogP contribution in [0.2, 0.25) is 0 Å². The second-order valence-corrected chi connectivity index (χ2v) is 9.35. The Morgan fingerprint density at radius 2 is 1.93 bits per heavy atom. The molecule has 2 aromatic rings. The Bertz CT molecular complexity index is 1000. The number of carbonyl (C=O) groups is 1. The maximum Gasteiger partial charge on any atom is 0.510 e. The zero-order valence-electron chi connectivity index (χ0n) is 16.8. The highest BCUT2D eigenvalue weighted by Crippen LogP contribution is 2.24. The van der Waals surface area contributed by atoms with Gasteiger partial charge >= 0.3 is 6.16 Å². The molecule has 2 heterocycles. The smallest absolute Gasteiger partial charge is 0.431 e. The quantitative estimate of drug-likeness (QED) is 0.727. The molecule has 1 aliphatic carbocycles. The zero-order valence-corrected chi connectivity index (χ0v) is 17.6. The summed E-state index contributed by atoms with van der Waals surface area (Å²) < 4.78 is 26.6. The van der Waals surface area contributed by atoms with Gasteiger partial charge in [-0.3, -0.25) is 9.36 Å². The summed E-state index contributed by atoms with van der Waals surface area (Å²) in [5.41, 5.74) is 5.62. The first-order valence-electron chi connectivity index (χ1n) is 10.4. The predicted octanol–water partition coefficient (Wildman–Crippen LogP) is 2.50. The molecule has 2 atom stereocenters. The van der Waals surface area contributed by atoms with E-state index < -0.39 is 17.1 Å². The third-order valence-corrected chi connectivity index (χ3v) is 7.26. The van der Waals surface area contributed by atoms with Crippen LogP contribution in [-0.4, -0.2) is 44.5 Å². The largest absolute Gasteiger partial charge is 0.510 e. The number of ether oxygens (including phenoxy) is 2. The van der Waals surface area contributed by atoms with Gasteiger partial charge in [0.25, 0.3) is 5.56 Å². The molecule has 2 fully saturated rings. The van der Waals surface area contributed by atoms with Crippen molar-refractivity contribution < 1.29 is 18.5 Å². The van der Waals surface area contributed by atoms with Crippen LogP contribution in [0.1, 0.15) is 38.5 Å². The van der Waals surface area contributed by atoms with Gasteiger partial charge in [0.1, 0.15) is 17.1 Å². The summed E-state index contributed by atoms with van der Waals surface area (Å²) >= 11 is 0. The molecule has 9 heteroatoms. The normalized spacial score (nSPS) is 21.6. The van der Waals surface area contributed by atoms with Crippen LogP contribution in [-0.2, 0) is 27.2 Å². The maximum absolute atomic E-state index is 13.0. The van der Waals surface area contributed by atoms with E-state index in [-0.39, 0.29) is 24.4 Å². The molecular weight excluding hydrogens is 406 g/mol. The van der Waals surface area contributed by atoms with Crippen molar-refractivity contribution in [3.05, 3.63) is 40.8 Å². The fourth-order valence-corrected chi connectivity index (χ4v) is 5.50. The highest BCUT2D eigenvalue weighted by atomic mass is 32.2. The van der Waals surface area contributed by atoms with Gasteiger partial charge in [0.2, 0.25) is 0 Å². The van der Waals surface area contributed by atoms with E-state index in [0.29, 0.717) is 28.8 Å². The van der Waals surface area contributed by atoms with E-state index in [2.05, 4.69) is 0 Å². The van der Waals surface area contributed by atoms with Crippen molar-refractivity contribution >= 4 is 27.9 Å². The van der Waals surface area contributed by atoms with E-state index in [0.717, 1.165) is 32.1 Å². The molecule has 1 saturated carbocycles. The minimum absolute atomic E-state index is 0.0201. The third kappa shape index (κ3) is 4.58. The van der Waals surface area contributed by atoms with Gasteiger partial charge < -0.3 is 15.2 Å². The minimum Gasteiger partial charge on any atom is -0.431 e. The molecule has 162 valence electrons. The van der Waals surface area contributed by atoms with Crippen LogP contribution in [0.4, 0.5) is 4.79 Å². The van der Waals surface area contributed by atoms with Crippen LogP contribution in [0, 0.1) is 0 Å². The van der Waals surface area contributed by atoms with Gasteiger partial charge in [-0.05, 0) is 50.3 Å². The number of benzene rings is 1. The maximum atomic E-state index is 13.0. The van der Waals surface area contributed by atoms with Crippen LogP contribution in [0.15, 0.2) is 40.2 Å². The molecule has 4 rings (SSSR count). The zero-order chi connectivity index (χ0) is 21.1. The van der Waals surface area contributed by atoms with Crippen molar-refractivity contribution in [2.24, 2.45) is 5.73 Å². The molecule has 1 aromatic heterocycles. The number of hydrogen-bond donors (Lipinski definition) is 1. The average Bonchev–Trinajstić information content (AvgIpc) is 3.19. The van der Waals surface area contributed by atoms with Gasteiger partial charge in [0.15, 0.2) is 6.73 Å². The third-order valence-electron chi connectivity index (χ3n) is 5.73. The van der Waals surface area contributed by atoms with E-state index in [1.165, 1.54) is 11.0 Å². The van der Waals surface area contributed by atoms with Crippen molar-refractivity contribution in [3.63, 3.8) is 0 Å². The molecule has 1 saturated heterocycles. The Morgan fingerprint density at radius 3 is 2.67 bits per heavy atom. The number of fused-ring (bicyclic) bond motifs is 1. The van der Waals surface area contributed by atoms with Gasteiger partial charge in [-0.25, -0.2) is 13.3 Å². The Kier molecular flexibility index (Phi) is 6.50. The predicted molar refractivity (Wildman–Crippen MR) is 113 cm³/mol. The number of nitrogens with two attached hydrogens (primary N) is 1. The molecule has 1 aliphatic heterocycles. The number of pyridine rings is 1. The molecule has 2 aliphatic rings. The average molecular weight is 434 g/mol. The molecule has 0 spiro atoms. The molecule has 2 N–H and O–H groups in total. The summed E-state index contributed by atoms with van der Waals surface area (Å²) in [7, 11) is -1.38. The van der Waals surface area contributed by atoms with E-state index in [9.17, 15) is 13.8 Å². The van der Waals surface area contributed by atoms with Gasteiger partial charge in [-0.1, -0.05) is 12.5 Å². The summed E-state index contributed by atoms with van der Waals surface area (Å²) in [6.07, 6.45) is 6.47. The number of nitrogens with zero attached hydrogens (tertiary/aromatic N) is 2. The summed E-state index contributed by atoms with van der Waals surface area (Å²) in [6, 6.07) is 6.92. The Hall–Kier alpha value is -2.23. The molecule has 2 unspecified atom stereocenters. The molecule has 1 aromatic carbocycles. The van der Waals surface area contributed by atoms with E-state index in [4.69, 9.17) is 15.2 Å². The number of rotatable bonds is 5. The van der Waals surface area contributed by atoms with Crippen molar-refractivity contribution in [1.29, 1.82) is 0 Å². The van der Waals surface area contributed by atoms with Crippen molar-refractivity contribution in [1.82, 2.24) is 8.87 Å². The van der Waals surface area contributed by atoms with E-state index in [1.807, 2.05) is 4.31 Å². The van der Waals surface area contributed by atoms with Crippen LogP contribution in [0.25, 0.3) is 10.8 Å². The van der Waals surface area contributed by atoms with Crippen LogP contribution < -0.4 is 11.3 Å². The van der Waals surface area contributed by atoms with Crippen LogP contribution in [0.3, 0.4) is 0 Å². The molecule has 30 heavy (non-hydrogen) atoms. The van der Waals surface area contributed by atoms with Gasteiger partial charge in [0.05, 0.1) is 4.90 Å². The molecular formula is C21H27N3O5S. The first-order valence-corrected chi connectivity index (χ1v) is 11.5. The highest BCUT2D eigenvalue weighted by molar-refractivity contribution is 7.83. The topological polar surface area (TPSA) is 104 Å². The lowest BCUT2D eigenvalue weighted by molar-refractivity contribution is -0.00412. The van der Waals surface area contributed by atoms with Gasteiger partial charge in [-0.15, -0.1) is 0 Å². The van der Waals surface area contributed by atoms with Crippen LogP contribution >= 0.6 is 0 Å². The number of hydrogen-bond acceptors (Lipinski definition) is 6. The summed E-state index contributed by atoms with van der Waals surface area (Å²) in [4.78, 5) is 25.4. The lowest BCUT2D eigenvalue weighted by atomic mass is 9.98. The summed E-state index contributed by atoms with van der Waals surface area (Å²) in [6.45, 7) is 1.00. The lowest BCUT2D eigenvalue weighted by Gasteiger charge is -2.21. The second kappa shape index (κ2) is 9.28. The Labute approximate surface area is 177 Å². The highest BCUT2D eigenvalue weighted by Gasteiger charge is 2.26. The van der Waals surface area contributed by atoms with Gasteiger partial charge in [-0.2, -0.15) is 0 Å². The van der Waals surface area contributed by atoms with Crippen molar-refractivity contribution in [2.75, 3.05) is 13.1 Å². The minimum atomic E-state index is -1.38. The summed E-state index contributed by atoms with van der Waals surface area (Å²) in [5.74, 6) is 0. The Morgan fingerprint density at radius 1 is 1.13 bits per heavy atom. The lowest BCUT2D eigenvalue weighted by Crippen LogP contribution is -2.28. The van der Waals surface area contributed by atoms with Crippen molar-refractivity contribution in [2.45, 2.75) is 62.3 Å². The summed E-state index contributed by atoms with van der Waals surface area (Å²) in [5, 5.41) is 1.05. The molecule has 0 bridgehead atoms. The van der Waals surface area contributed by atoms with Crippen molar-refractivity contribution in [3.8, 4) is 0 Å². The van der Waals surface area contributed by atoms with E-state index >= 15 is 0 Å². The monoisotopic (exact) mass is 433 g/mol. The Balaban J connectivity index is 1.48. The fraction of sp³-hybridized carbons (Fsp3) is 0.524. The standard InChI is InChI=1S/C21H27N3O5S/c22-15-9-12-24(13-15)30(27)19-8-4-7-18-17(19)10-11-23(20(18)25)14-28-21(26)29-16-5-2-1-3-6-16/h4,7-8,10-11,15-16H,1-3,5-6,9,12-14,22H2. The molecule has 0 radical (unpaired) electrons. The first-order chi connectivity index (χ1) is 14.5. The molecule has 0 amide bonds. The number of carbonyl (C=O) groups excluding carboxylic acids is 1. The molecule has 8 nitrogen and oxygen atoms in total. The SMILES string of the molecule is NC1CCN(S(=O)c2cccc3c(=O)n(COC(=O)OC4CCCCC4)ccc23)C1. The first kappa shape index (κ1) is 21.0. The fourth-order valence-electron chi connectivity index (χ4n) is 4.06. The van der Waals surface area contributed by atoms with E-state index in [1.54, 1.807) is 30.5 Å². The second-order valence-electron chi connectivity index (χ2n) is 7.90. The van der Waals surface area contributed by atoms with Crippen LogP contribution in [0.5, 0.6) is 0 Å². The van der Waals surface area contributed by atoms with Gasteiger partial charge in [0, 0.05) is 36.1 Å².